The average Bonchev–Trinajstić information content (AvgIpc) is 3.39. The summed E-state index contributed by atoms with van der Waals surface area (Å²) < 4.78 is 16.5. The molecule has 0 radical (unpaired) electrons. The fraction of sp³-hybridized carbons (Fsp3) is 0.269. The summed E-state index contributed by atoms with van der Waals surface area (Å²) in [6, 6.07) is 21.2. The number of carbonyl (C=O) groups excluding carboxylic acids is 1. The smallest absolute Gasteiger partial charge is 0.270 e. The van der Waals surface area contributed by atoms with Crippen molar-refractivity contribution in [2.24, 2.45) is 5.92 Å². The molecule has 4 aromatic rings. The number of likely N-dealkylation sites (tertiary alicyclic amines) is 1. The first kappa shape index (κ1) is 20.0. The lowest BCUT2D eigenvalue weighted by molar-refractivity contribution is 0.0680. The van der Waals surface area contributed by atoms with Gasteiger partial charge in [-0.15, -0.1) is 11.3 Å². The van der Waals surface area contributed by atoms with Crippen molar-refractivity contribution < 1.29 is 9.18 Å². The standard InChI is InChI=1S/C26H25FN2OS/c27-22-8-6-21(7-9-22)18-29-23-12-15-31-25(23)17-24(29)26(30)28-13-10-20(11-14-28)16-19-4-2-1-3-5-19/h1-9,12,15,17,20H,10-11,13-14,16,18H2. The van der Waals surface area contributed by atoms with E-state index in [2.05, 4.69) is 46.3 Å². The first-order chi connectivity index (χ1) is 15.2. The van der Waals surface area contributed by atoms with Crippen LogP contribution >= 0.6 is 11.3 Å². The lowest BCUT2D eigenvalue weighted by Gasteiger charge is -2.32. The zero-order chi connectivity index (χ0) is 21.2. The van der Waals surface area contributed by atoms with Gasteiger partial charge in [-0.05, 0) is 66.0 Å². The van der Waals surface area contributed by atoms with Gasteiger partial charge in [-0.3, -0.25) is 4.79 Å². The summed E-state index contributed by atoms with van der Waals surface area (Å²) in [5, 5.41) is 2.05. The number of carbonyl (C=O) groups is 1. The quantitative estimate of drug-likeness (QED) is 0.381. The van der Waals surface area contributed by atoms with Crippen molar-refractivity contribution in [2.45, 2.75) is 25.8 Å². The van der Waals surface area contributed by atoms with Crippen LogP contribution in [0.5, 0.6) is 0 Å². The van der Waals surface area contributed by atoms with E-state index in [9.17, 15) is 9.18 Å². The van der Waals surface area contributed by atoms with E-state index in [0.717, 1.165) is 53.8 Å². The monoisotopic (exact) mass is 432 g/mol. The molecule has 1 saturated heterocycles. The van der Waals surface area contributed by atoms with Crippen LogP contribution in [0.3, 0.4) is 0 Å². The van der Waals surface area contributed by atoms with Crippen LogP contribution in [0.15, 0.2) is 72.1 Å². The molecule has 3 nitrogen and oxygen atoms in total. The molecule has 5 heteroatoms. The van der Waals surface area contributed by atoms with Crippen LogP contribution in [0.2, 0.25) is 0 Å². The lowest BCUT2D eigenvalue weighted by Crippen LogP contribution is -2.39. The maximum absolute atomic E-state index is 13.4. The summed E-state index contributed by atoms with van der Waals surface area (Å²) in [6.45, 7) is 2.16. The third-order valence-corrected chi connectivity index (χ3v) is 7.12. The highest BCUT2D eigenvalue weighted by atomic mass is 32.1. The Morgan fingerprint density at radius 1 is 0.968 bits per heavy atom. The normalized spacial score (nSPS) is 14.9. The van der Waals surface area contributed by atoms with Gasteiger partial charge in [0.05, 0.1) is 10.2 Å². The number of thiophene rings is 1. The fourth-order valence-corrected chi connectivity index (χ4v) is 5.37. The van der Waals surface area contributed by atoms with Crippen LogP contribution in [0.25, 0.3) is 10.2 Å². The maximum atomic E-state index is 13.4. The van der Waals surface area contributed by atoms with Crippen molar-refractivity contribution in [1.29, 1.82) is 0 Å². The Balaban J connectivity index is 1.32. The third kappa shape index (κ3) is 4.28. The van der Waals surface area contributed by atoms with Crippen molar-refractivity contribution >= 4 is 27.5 Å². The van der Waals surface area contributed by atoms with E-state index in [1.165, 1.54) is 17.7 Å². The first-order valence-electron chi connectivity index (χ1n) is 10.8. The van der Waals surface area contributed by atoms with Gasteiger partial charge in [-0.1, -0.05) is 42.5 Å². The largest absolute Gasteiger partial charge is 0.337 e. The van der Waals surface area contributed by atoms with Gasteiger partial charge in [-0.2, -0.15) is 0 Å². The van der Waals surface area contributed by atoms with Crippen molar-refractivity contribution in [1.82, 2.24) is 9.47 Å². The van der Waals surface area contributed by atoms with Gasteiger partial charge in [0.15, 0.2) is 0 Å². The molecule has 0 N–H and O–H groups in total. The highest BCUT2D eigenvalue weighted by Crippen LogP contribution is 2.29. The molecule has 3 heterocycles. The molecule has 0 bridgehead atoms. The second-order valence-corrected chi connectivity index (χ2v) is 9.29. The summed E-state index contributed by atoms with van der Waals surface area (Å²) in [5.74, 6) is 0.483. The van der Waals surface area contributed by atoms with E-state index < -0.39 is 0 Å². The summed E-state index contributed by atoms with van der Waals surface area (Å²) >= 11 is 1.65. The number of hydrogen-bond acceptors (Lipinski definition) is 2. The summed E-state index contributed by atoms with van der Waals surface area (Å²) in [5.41, 5.74) is 4.16. The third-order valence-electron chi connectivity index (χ3n) is 6.26. The number of halogens is 1. The maximum Gasteiger partial charge on any atom is 0.270 e. The molecule has 31 heavy (non-hydrogen) atoms. The molecule has 5 rings (SSSR count). The van der Waals surface area contributed by atoms with Gasteiger partial charge in [0, 0.05) is 19.6 Å². The van der Waals surface area contributed by atoms with Crippen molar-refractivity contribution in [3.8, 4) is 0 Å². The predicted molar refractivity (Wildman–Crippen MR) is 124 cm³/mol. The Morgan fingerprint density at radius 3 is 2.45 bits per heavy atom. The molecule has 0 spiro atoms. The van der Waals surface area contributed by atoms with Crippen LogP contribution in [-0.2, 0) is 13.0 Å². The Kier molecular flexibility index (Phi) is 5.60. The molecule has 0 unspecified atom stereocenters. The highest BCUT2D eigenvalue weighted by Gasteiger charge is 2.26. The summed E-state index contributed by atoms with van der Waals surface area (Å²) in [7, 11) is 0. The lowest BCUT2D eigenvalue weighted by atomic mass is 9.90. The summed E-state index contributed by atoms with van der Waals surface area (Å²) in [4.78, 5) is 15.4. The van der Waals surface area contributed by atoms with Gasteiger partial charge < -0.3 is 9.47 Å². The topological polar surface area (TPSA) is 25.2 Å². The molecular weight excluding hydrogens is 407 g/mol. The number of nitrogens with zero attached hydrogens (tertiary/aromatic N) is 2. The minimum Gasteiger partial charge on any atom is -0.337 e. The zero-order valence-corrected chi connectivity index (χ0v) is 18.2. The second-order valence-electron chi connectivity index (χ2n) is 8.34. The number of fused-ring (bicyclic) bond motifs is 1. The fourth-order valence-electron chi connectivity index (χ4n) is 4.55. The molecule has 158 valence electrons. The van der Waals surface area contributed by atoms with E-state index in [1.54, 1.807) is 23.5 Å². The van der Waals surface area contributed by atoms with Crippen molar-refractivity contribution in [3.63, 3.8) is 0 Å². The van der Waals surface area contributed by atoms with Crippen LogP contribution < -0.4 is 0 Å². The van der Waals surface area contributed by atoms with E-state index >= 15 is 0 Å². The summed E-state index contributed by atoms with van der Waals surface area (Å²) in [6.07, 6.45) is 3.15. The zero-order valence-electron chi connectivity index (χ0n) is 17.3. The number of aromatic nitrogens is 1. The molecule has 2 aromatic heterocycles. The van der Waals surface area contributed by atoms with Gasteiger partial charge in [0.2, 0.25) is 0 Å². The SMILES string of the molecule is O=C(c1cc2sccc2n1Cc1ccc(F)cc1)N1CCC(Cc2ccccc2)CC1. The number of piperidine rings is 1. The van der Waals surface area contributed by atoms with E-state index in [4.69, 9.17) is 0 Å². The Labute approximate surface area is 185 Å². The van der Waals surface area contributed by atoms with Gasteiger partial charge in [-0.25, -0.2) is 4.39 Å². The molecule has 0 saturated carbocycles. The Bertz CT molecular complexity index is 1170. The Morgan fingerprint density at radius 2 is 1.71 bits per heavy atom. The average molecular weight is 433 g/mol. The molecule has 1 fully saturated rings. The highest BCUT2D eigenvalue weighted by molar-refractivity contribution is 7.17. The van der Waals surface area contributed by atoms with Gasteiger partial charge >= 0.3 is 0 Å². The van der Waals surface area contributed by atoms with Crippen LogP contribution in [-0.4, -0.2) is 28.5 Å². The van der Waals surface area contributed by atoms with Crippen LogP contribution in [0.4, 0.5) is 4.39 Å². The van der Waals surface area contributed by atoms with E-state index in [-0.39, 0.29) is 11.7 Å². The molecule has 0 aliphatic carbocycles. The molecule has 2 aromatic carbocycles. The number of hydrogen-bond donors (Lipinski definition) is 0. The second kappa shape index (κ2) is 8.67. The van der Waals surface area contributed by atoms with Gasteiger partial charge in [0.1, 0.15) is 11.5 Å². The van der Waals surface area contributed by atoms with Crippen LogP contribution in [0.1, 0.15) is 34.5 Å². The molecule has 1 amide bonds. The van der Waals surface area contributed by atoms with Crippen molar-refractivity contribution in [3.05, 3.63) is 94.7 Å². The first-order valence-corrected chi connectivity index (χ1v) is 11.7. The molecule has 1 aliphatic rings. The number of rotatable bonds is 5. The molecule has 0 atom stereocenters. The van der Waals surface area contributed by atoms with Gasteiger partial charge in [0.25, 0.3) is 5.91 Å². The minimum absolute atomic E-state index is 0.101. The predicted octanol–water partition coefficient (Wildman–Crippen LogP) is 5.99. The Hall–Kier alpha value is -2.92. The minimum atomic E-state index is -0.244. The number of benzene rings is 2. The van der Waals surface area contributed by atoms with E-state index in [1.807, 2.05) is 11.0 Å². The van der Waals surface area contributed by atoms with Crippen molar-refractivity contribution in [2.75, 3.05) is 13.1 Å². The van der Waals surface area contributed by atoms with E-state index in [0.29, 0.717) is 12.5 Å². The molecule has 1 aliphatic heterocycles. The van der Waals surface area contributed by atoms with Crippen LogP contribution in [0, 0.1) is 11.7 Å². The molecular formula is C26H25FN2OS. The number of amides is 1.